The van der Waals surface area contributed by atoms with Crippen molar-refractivity contribution in [3.05, 3.63) is 118 Å². The molecular formula is C38H30Cl2N4O4S2. The van der Waals surface area contributed by atoms with E-state index in [1.165, 1.54) is 0 Å². The fourth-order valence-electron chi connectivity index (χ4n) is 5.85. The SMILES string of the molecule is CCOC(=O)Cc1c(-c2ccc(Cl)cc2)nc2sc3ccccc3n12.CCOC(=O)Cc1c(-c2ccc(Cl)cc2)nc2sc3ccccc3n12. The van der Waals surface area contributed by atoms with Crippen molar-refractivity contribution < 1.29 is 19.1 Å². The fraction of sp³-hybridized carbons (Fsp3) is 0.158. The second-order valence-corrected chi connectivity index (χ2v) is 14.1. The molecular weight excluding hydrogens is 711 g/mol. The molecule has 0 saturated carbocycles. The van der Waals surface area contributed by atoms with E-state index in [0.717, 1.165) is 64.3 Å². The van der Waals surface area contributed by atoms with E-state index in [9.17, 15) is 9.59 Å². The first-order valence-corrected chi connectivity index (χ1v) is 18.3. The summed E-state index contributed by atoms with van der Waals surface area (Å²) in [4.78, 5) is 35.7. The Labute approximate surface area is 305 Å². The lowest BCUT2D eigenvalue weighted by molar-refractivity contribution is -0.143. The van der Waals surface area contributed by atoms with Gasteiger partial charge in [-0.05, 0) is 62.4 Å². The number of para-hydroxylation sites is 2. The maximum atomic E-state index is 12.2. The quantitative estimate of drug-likeness (QED) is 0.144. The summed E-state index contributed by atoms with van der Waals surface area (Å²) < 4.78 is 16.7. The second kappa shape index (κ2) is 14.6. The predicted molar refractivity (Wildman–Crippen MR) is 203 cm³/mol. The number of ether oxygens (including phenoxy) is 2. The van der Waals surface area contributed by atoms with Gasteiger partial charge in [-0.1, -0.05) is 94.4 Å². The van der Waals surface area contributed by atoms with Gasteiger partial charge in [-0.3, -0.25) is 18.4 Å². The summed E-state index contributed by atoms with van der Waals surface area (Å²) in [7, 11) is 0. The number of benzene rings is 4. The number of carbonyl (C=O) groups is 2. The molecule has 8 aromatic rings. The highest BCUT2D eigenvalue weighted by Gasteiger charge is 2.22. The largest absolute Gasteiger partial charge is 0.466 e. The van der Waals surface area contributed by atoms with Crippen LogP contribution in [-0.4, -0.2) is 43.9 Å². The van der Waals surface area contributed by atoms with Crippen LogP contribution in [0.3, 0.4) is 0 Å². The minimum absolute atomic E-state index is 0.174. The molecule has 0 fully saturated rings. The number of fused-ring (bicyclic) bond motifs is 6. The predicted octanol–water partition coefficient (Wildman–Crippen LogP) is 9.95. The second-order valence-electron chi connectivity index (χ2n) is 11.2. The van der Waals surface area contributed by atoms with Gasteiger partial charge >= 0.3 is 11.9 Å². The third kappa shape index (κ3) is 6.72. The molecule has 12 heteroatoms. The molecule has 252 valence electrons. The van der Waals surface area contributed by atoms with Gasteiger partial charge in [-0.25, -0.2) is 9.97 Å². The van der Waals surface area contributed by atoms with Gasteiger partial charge < -0.3 is 9.47 Å². The highest BCUT2D eigenvalue weighted by Crippen LogP contribution is 2.35. The van der Waals surface area contributed by atoms with Gasteiger partial charge in [0.25, 0.3) is 0 Å². The fourth-order valence-corrected chi connectivity index (χ4v) is 8.19. The average Bonchev–Trinajstić information content (AvgIpc) is 3.85. The van der Waals surface area contributed by atoms with Crippen molar-refractivity contribution in [3.8, 4) is 22.5 Å². The van der Waals surface area contributed by atoms with Crippen LogP contribution in [0.2, 0.25) is 10.0 Å². The van der Waals surface area contributed by atoms with Crippen LogP contribution in [0.15, 0.2) is 97.1 Å². The van der Waals surface area contributed by atoms with Crippen LogP contribution in [0.5, 0.6) is 0 Å². The lowest BCUT2D eigenvalue weighted by Crippen LogP contribution is -2.10. The zero-order valence-electron chi connectivity index (χ0n) is 27.1. The number of halogens is 2. The van der Waals surface area contributed by atoms with E-state index < -0.39 is 0 Å². The first-order valence-electron chi connectivity index (χ1n) is 16.0. The summed E-state index contributed by atoms with van der Waals surface area (Å²) in [6.07, 6.45) is 0.349. The van der Waals surface area contributed by atoms with E-state index in [1.54, 1.807) is 22.7 Å². The zero-order chi connectivity index (χ0) is 34.8. The Hall–Kier alpha value is -4.74. The van der Waals surface area contributed by atoms with E-state index in [2.05, 4.69) is 20.9 Å². The molecule has 8 rings (SSSR count). The number of hydrogen-bond donors (Lipinski definition) is 0. The third-order valence-electron chi connectivity index (χ3n) is 7.97. The smallest absolute Gasteiger partial charge is 0.311 e. The van der Waals surface area contributed by atoms with Crippen LogP contribution >= 0.6 is 45.9 Å². The Bertz CT molecular complexity index is 2310. The topological polar surface area (TPSA) is 87.2 Å². The molecule has 0 amide bonds. The monoisotopic (exact) mass is 740 g/mol. The highest BCUT2D eigenvalue weighted by atomic mass is 35.5. The van der Waals surface area contributed by atoms with Crippen LogP contribution in [0, 0.1) is 0 Å². The molecule has 0 atom stereocenters. The standard InChI is InChI=1S/2C19H15ClN2O2S/c2*1-2-24-17(23)11-15-18(12-7-9-13(20)10-8-12)21-19-22(15)14-5-3-4-6-16(14)25-19/h2*3-10H,2,11H2,1H3. The van der Waals surface area contributed by atoms with E-state index in [1.807, 2.05) is 98.8 Å². The first-order chi connectivity index (χ1) is 24.3. The summed E-state index contributed by atoms with van der Waals surface area (Å²) >= 11 is 15.2. The van der Waals surface area contributed by atoms with E-state index >= 15 is 0 Å². The van der Waals surface area contributed by atoms with Crippen molar-refractivity contribution in [3.63, 3.8) is 0 Å². The molecule has 0 bridgehead atoms. The molecule has 8 nitrogen and oxygen atoms in total. The molecule has 4 heterocycles. The first kappa shape index (κ1) is 33.7. The molecule has 0 aliphatic rings. The van der Waals surface area contributed by atoms with Crippen LogP contribution in [-0.2, 0) is 31.9 Å². The number of aromatic nitrogens is 4. The number of thiazole rings is 2. The minimum Gasteiger partial charge on any atom is -0.466 e. The highest BCUT2D eigenvalue weighted by molar-refractivity contribution is 7.24. The summed E-state index contributed by atoms with van der Waals surface area (Å²) in [5, 5.41) is 1.34. The van der Waals surface area contributed by atoms with E-state index in [0.29, 0.717) is 23.3 Å². The van der Waals surface area contributed by atoms with Gasteiger partial charge in [-0.15, -0.1) is 0 Å². The van der Waals surface area contributed by atoms with Crippen molar-refractivity contribution >= 4 is 88.2 Å². The Balaban J connectivity index is 0.000000157. The number of imidazole rings is 2. The van der Waals surface area contributed by atoms with Crippen molar-refractivity contribution in [2.45, 2.75) is 26.7 Å². The van der Waals surface area contributed by atoms with Crippen molar-refractivity contribution in [1.82, 2.24) is 18.8 Å². The molecule has 0 unspecified atom stereocenters. The van der Waals surface area contributed by atoms with Crippen LogP contribution in [0.4, 0.5) is 0 Å². The van der Waals surface area contributed by atoms with Crippen molar-refractivity contribution in [2.24, 2.45) is 0 Å². The Morgan fingerprint density at radius 1 is 0.600 bits per heavy atom. The molecule has 0 N–H and O–H groups in total. The van der Waals surface area contributed by atoms with Gasteiger partial charge in [0.05, 0.1) is 69.3 Å². The third-order valence-corrected chi connectivity index (χ3v) is 10.5. The van der Waals surface area contributed by atoms with Crippen molar-refractivity contribution in [1.29, 1.82) is 0 Å². The van der Waals surface area contributed by atoms with Gasteiger partial charge in [0, 0.05) is 21.2 Å². The zero-order valence-corrected chi connectivity index (χ0v) is 30.2. The number of hydrogen-bond acceptors (Lipinski definition) is 8. The Kier molecular flexibility index (Phi) is 9.87. The van der Waals surface area contributed by atoms with Crippen LogP contribution < -0.4 is 0 Å². The van der Waals surface area contributed by atoms with Gasteiger partial charge in [0.2, 0.25) is 0 Å². The molecule has 4 aromatic heterocycles. The number of esters is 2. The average molecular weight is 742 g/mol. The van der Waals surface area contributed by atoms with E-state index in [4.69, 9.17) is 42.6 Å². The van der Waals surface area contributed by atoms with Gasteiger partial charge in [0.15, 0.2) is 9.92 Å². The van der Waals surface area contributed by atoms with Crippen LogP contribution in [0.25, 0.3) is 52.9 Å². The Morgan fingerprint density at radius 2 is 0.980 bits per heavy atom. The maximum absolute atomic E-state index is 12.2. The molecule has 4 aromatic carbocycles. The molecule has 50 heavy (non-hydrogen) atoms. The number of nitrogens with zero attached hydrogens (tertiary/aromatic N) is 4. The molecule has 0 radical (unpaired) electrons. The minimum atomic E-state index is -0.255. The Morgan fingerprint density at radius 3 is 1.36 bits per heavy atom. The molecule has 0 aliphatic carbocycles. The van der Waals surface area contributed by atoms with Crippen molar-refractivity contribution in [2.75, 3.05) is 13.2 Å². The summed E-state index contributed by atoms with van der Waals surface area (Å²) in [5.74, 6) is -0.510. The normalized spacial score (nSPS) is 11.3. The lowest BCUT2D eigenvalue weighted by atomic mass is 10.1. The molecule has 0 saturated heterocycles. The van der Waals surface area contributed by atoms with Crippen LogP contribution in [0.1, 0.15) is 25.2 Å². The lowest BCUT2D eigenvalue weighted by Gasteiger charge is -2.06. The summed E-state index contributed by atoms with van der Waals surface area (Å²) in [5.41, 5.74) is 7.24. The van der Waals surface area contributed by atoms with E-state index in [-0.39, 0.29) is 24.8 Å². The van der Waals surface area contributed by atoms with Gasteiger partial charge in [0.1, 0.15) is 0 Å². The molecule has 0 spiro atoms. The summed E-state index contributed by atoms with van der Waals surface area (Å²) in [6.45, 7) is 4.34. The number of carbonyl (C=O) groups excluding carboxylic acids is 2. The number of rotatable bonds is 8. The maximum Gasteiger partial charge on any atom is 0.311 e. The van der Waals surface area contributed by atoms with Gasteiger partial charge in [-0.2, -0.15) is 0 Å². The summed E-state index contributed by atoms with van der Waals surface area (Å²) in [6, 6.07) is 31.2. The molecule has 0 aliphatic heterocycles.